The smallest absolute Gasteiger partial charge is 0.380 e. The Balaban J connectivity index is 1.43. The van der Waals surface area contributed by atoms with E-state index in [2.05, 4.69) is 20.9 Å². The monoisotopic (exact) mass is 625 g/mol. The van der Waals surface area contributed by atoms with E-state index < -0.39 is 35.5 Å². The van der Waals surface area contributed by atoms with Gasteiger partial charge in [0.1, 0.15) is 0 Å². The maximum atomic E-state index is 13.3. The number of hydrogen-bond acceptors (Lipinski definition) is 6. The fourth-order valence-corrected chi connectivity index (χ4v) is 5.16. The van der Waals surface area contributed by atoms with Crippen LogP contribution in [0.4, 0.5) is 13.2 Å². The van der Waals surface area contributed by atoms with Crippen LogP contribution in [0.15, 0.2) is 73.1 Å². The van der Waals surface area contributed by atoms with Crippen molar-refractivity contribution < 1.29 is 37.1 Å². The van der Waals surface area contributed by atoms with Crippen LogP contribution in [0.1, 0.15) is 62.2 Å². The normalized spacial score (nSPS) is 17.2. The van der Waals surface area contributed by atoms with Gasteiger partial charge in [-0.25, -0.2) is 0 Å². The lowest BCUT2D eigenvalue weighted by Gasteiger charge is -2.37. The van der Waals surface area contributed by atoms with Crippen molar-refractivity contribution in [3.05, 3.63) is 101 Å². The van der Waals surface area contributed by atoms with E-state index in [1.807, 2.05) is 0 Å². The summed E-state index contributed by atoms with van der Waals surface area (Å²) in [6.07, 6.45) is -1.50. The molecule has 13 heteroatoms. The molecule has 4 amide bonds. The summed E-state index contributed by atoms with van der Waals surface area (Å²) in [6.45, 7) is 0.535. The molecule has 3 aromatic rings. The highest BCUT2D eigenvalue weighted by Crippen LogP contribution is 2.32. The van der Waals surface area contributed by atoms with E-state index >= 15 is 0 Å². The van der Waals surface area contributed by atoms with E-state index in [1.165, 1.54) is 25.4 Å². The first-order valence-electron chi connectivity index (χ1n) is 14.3. The fraction of sp³-hybridized carbons (Fsp3) is 0.344. The minimum Gasteiger partial charge on any atom is -0.380 e. The Morgan fingerprint density at radius 3 is 2.40 bits per heavy atom. The van der Waals surface area contributed by atoms with Crippen molar-refractivity contribution in [2.75, 3.05) is 33.8 Å². The van der Waals surface area contributed by atoms with Crippen molar-refractivity contribution in [3.8, 4) is 0 Å². The summed E-state index contributed by atoms with van der Waals surface area (Å²) >= 11 is 0. The molecule has 4 rings (SSSR count). The molecule has 2 heterocycles. The molecule has 0 saturated carbocycles. The zero-order chi connectivity index (χ0) is 32.6. The minimum atomic E-state index is -4.58. The minimum absolute atomic E-state index is 0.120. The average molecular weight is 626 g/mol. The Morgan fingerprint density at radius 2 is 1.76 bits per heavy atom. The Morgan fingerprint density at radius 1 is 1.00 bits per heavy atom. The van der Waals surface area contributed by atoms with Crippen LogP contribution in [0.3, 0.4) is 0 Å². The number of halogens is 3. The van der Waals surface area contributed by atoms with Gasteiger partial charge in [0, 0.05) is 51.1 Å². The maximum absolute atomic E-state index is 13.3. The quantitative estimate of drug-likeness (QED) is 0.317. The Labute approximate surface area is 258 Å². The molecule has 1 saturated heterocycles. The first-order valence-corrected chi connectivity index (χ1v) is 14.3. The summed E-state index contributed by atoms with van der Waals surface area (Å²) in [7, 11) is 2.96. The number of benzene rings is 2. The lowest BCUT2D eigenvalue weighted by atomic mass is 9.88. The number of carbonyl (C=O) groups is 4. The highest BCUT2D eigenvalue weighted by atomic mass is 19.4. The number of likely N-dealkylation sites (tertiary alicyclic amines) is 1. The predicted molar refractivity (Wildman–Crippen MR) is 158 cm³/mol. The van der Waals surface area contributed by atoms with E-state index in [0.717, 1.165) is 17.7 Å². The summed E-state index contributed by atoms with van der Waals surface area (Å²) in [5.74, 6) is -1.81. The van der Waals surface area contributed by atoms with Crippen molar-refractivity contribution >= 4 is 23.6 Å². The fourth-order valence-electron chi connectivity index (χ4n) is 5.16. The van der Waals surface area contributed by atoms with Gasteiger partial charge in [-0.3, -0.25) is 24.2 Å². The van der Waals surface area contributed by atoms with Crippen LogP contribution in [0.2, 0.25) is 0 Å². The van der Waals surface area contributed by atoms with Gasteiger partial charge in [0.05, 0.1) is 36.2 Å². The summed E-state index contributed by atoms with van der Waals surface area (Å²) < 4.78 is 45.5. The van der Waals surface area contributed by atoms with E-state index in [4.69, 9.17) is 4.74 Å². The molecule has 0 spiro atoms. The predicted octanol–water partition coefficient (Wildman–Crippen LogP) is 3.47. The van der Waals surface area contributed by atoms with Crippen LogP contribution in [-0.2, 0) is 20.5 Å². The average Bonchev–Trinajstić information content (AvgIpc) is 3.06. The summed E-state index contributed by atoms with van der Waals surface area (Å²) in [4.78, 5) is 56.2. The third-order valence-corrected chi connectivity index (χ3v) is 7.66. The Bertz CT molecular complexity index is 1500. The molecule has 1 fully saturated rings. The molecule has 2 aromatic carbocycles. The molecule has 3 N–H and O–H groups in total. The standard InChI is InChI=1S/C32H34F3N5O5/c1-36-28(41)15-27(22-5-3-7-25(13-22)32(33,34)35)39-31(44)21-10-8-20(9-11-21)24-14-26(45-2)19-40(18-24)29(42)17-38-30(43)23-6-4-12-37-16-23/h3-13,16,24,26-27H,14-15,17-19H2,1-2H3,(H,36,41)(H,38,43)(H,39,44). The van der Waals surface area contributed by atoms with E-state index in [-0.39, 0.29) is 42.0 Å². The lowest BCUT2D eigenvalue weighted by Crippen LogP contribution is -2.49. The Kier molecular flexibility index (Phi) is 10.9. The van der Waals surface area contributed by atoms with Crippen LogP contribution in [0.5, 0.6) is 0 Å². The van der Waals surface area contributed by atoms with Gasteiger partial charge in [-0.05, 0) is 53.9 Å². The zero-order valence-electron chi connectivity index (χ0n) is 24.8. The van der Waals surface area contributed by atoms with Gasteiger partial charge >= 0.3 is 6.18 Å². The van der Waals surface area contributed by atoms with E-state index in [1.54, 1.807) is 54.6 Å². The third-order valence-electron chi connectivity index (χ3n) is 7.66. The molecule has 10 nitrogen and oxygen atoms in total. The first-order chi connectivity index (χ1) is 21.5. The number of carbonyl (C=O) groups excluding carboxylic acids is 4. The van der Waals surface area contributed by atoms with Gasteiger partial charge in [0.15, 0.2) is 0 Å². The molecule has 3 unspecified atom stereocenters. The van der Waals surface area contributed by atoms with Crippen LogP contribution in [-0.4, -0.2) is 73.4 Å². The van der Waals surface area contributed by atoms with Gasteiger partial charge in [0.2, 0.25) is 11.8 Å². The number of hydrogen-bond donors (Lipinski definition) is 3. The summed E-state index contributed by atoms with van der Waals surface area (Å²) in [6, 6.07) is 13.4. The van der Waals surface area contributed by atoms with Crippen molar-refractivity contribution in [2.24, 2.45) is 0 Å². The van der Waals surface area contributed by atoms with Crippen molar-refractivity contribution in [1.82, 2.24) is 25.8 Å². The number of ether oxygens (including phenoxy) is 1. The van der Waals surface area contributed by atoms with Gasteiger partial charge in [-0.1, -0.05) is 24.3 Å². The summed E-state index contributed by atoms with van der Waals surface area (Å²) in [5.41, 5.74) is 0.705. The number of pyridine rings is 1. The van der Waals surface area contributed by atoms with Crippen molar-refractivity contribution in [3.63, 3.8) is 0 Å². The lowest BCUT2D eigenvalue weighted by molar-refractivity contribution is -0.137. The molecule has 0 aliphatic carbocycles. The molecule has 1 aromatic heterocycles. The molecule has 3 atom stereocenters. The molecule has 45 heavy (non-hydrogen) atoms. The van der Waals surface area contributed by atoms with Gasteiger partial charge < -0.3 is 25.6 Å². The second kappa shape index (κ2) is 14.8. The van der Waals surface area contributed by atoms with Gasteiger partial charge in [0.25, 0.3) is 11.8 Å². The second-order valence-corrected chi connectivity index (χ2v) is 10.7. The van der Waals surface area contributed by atoms with E-state index in [0.29, 0.717) is 25.1 Å². The largest absolute Gasteiger partial charge is 0.416 e. The first kappa shape index (κ1) is 33.1. The number of aromatic nitrogens is 1. The molecule has 1 aliphatic heterocycles. The summed E-state index contributed by atoms with van der Waals surface area (Å²) in [5, 5.41) is 7.74. The third kappa shape index (κ3) is 8.88. The molecular formula is C32H34F3N5O5. The number of nitrogens with zero attached hydrogens (tertiary/aromatic N) is 2. The van der Waals surface area contributed by atoms with Crippen LogP contribution >= 0.6 is 0 Å². The highest BCUT2D eigenvalue weighted by molar-refractivity contribution is 5.96. The van der Waals surface area contributed by atoms with E-state index in [9.17, 15) is 32.3 Å². The molecule has 238 valence electrons. The van der Waals surface area contributed by atoms with Gasteiger partial charge in [-0.2, -0.15) is 13.2 Å². The van der Waals surface area contributed by atoms with Crippen LogP contribution in [0, 0.1) is 0 Å². The number of piperidine rings is 1. The topological polar surface area (TPSA) is 130 Å². The number of alkyl halides is 3. The number of nitrogens with one attached hydrogen (secondary N) is 3. The Hall–Kier alpha value is -4.78. The highest BCUT2D eigenvalue weighted by Gasteiger charge is 2.33. The number of methoxy groups -OCH3 is 1. The zero-order valence-corrected chi connectivity index (χ0v) is 24.8. The van der Waals surface area contributed by atoms with Gasteiger partial charge in [-0.15, -0.1) is 0 Å². The molecule has 1 aliphatic rings. The van der Waals surface area contributed by atoms with Crippen molar-refractivity contribution in [1.29, 1.82) is 0 Å². The number of amides is 4. The molecular weight excluding hydrogens is 591 g/mol. The van der Waals surface area contributed by atoms with Crippen LogP contribution < -0.4 is 16.0 Å². The molecule has 0 radical (unpaired) electrons. The van der Waals surface area contributed by atoms with Crippen molar-refractivity contribution in [2.45, 2.75) is 37.1 Å². The SMILES string of the molecule is CNC(=O)CC(NC(=O)c1ccc(C2CC(OC)CN(C(=O)CNC(=O)c3cccnc3)C2)cc1)c1cccc(C(F)(F)F)c1. The number of rotatable bonds is 10. The van der Waals surface area contributed by atoms with Crippen LogP contribution in [0.25, 0.3) is 0 Å². The maximum Gasteiger partial charge on any atom is 0.416 e. The molecule has 0 bridgehead atoms. The second-order valence-electron chi connectivity index (χ2n) is 10.7.